The van der Waals surface area contributed by atoms with Crippen molar-refractivity contribution in [1.82, 2.24) is 10.2 Å². The molecule has 3 atom stereocenters. The highest BCUT2D eigenvalue weighted by molar-refractivity contribution is 5.11. The van der Waals surface area contributed by atoms with E-state index in [4.69, 9.17) is 0 Å². The zero-order valence-electron chi connectivity index (χ0n) is 13.4. The van der Waals surface area contributed by atoms with Gasteiger partial charge in [-0.05, 0) is 59.9 Å². The van der Waals surface area contributed by atoms with Gasteiger partial charge in [-0.1, -0.05) is 13.3 Å². The maximum atomic E-state index is 9.60. The van der Waals surface area contributed by atoms with Gasteiger partial charge in [0.1, 0.15) is 5.54 Å². The Kier molecular flexibility index (Phi) is 6.29. The monoisotopic (exact) mass is 265 g/mol. The van der Waals surface area contributed by atoms with Gasteiger partial charge in [-0.3, -0.25) is 5.32 Å². The van der Waals surface area contributed by atoms with Crippen LogP contribution in [0.5, 0.6) is 0 Å². The Bertz CT molecular complexity index is 308. The number of nitrogens with zero attached hydrogens (tertiary/aromatic N) is 2. The Hall–Kier alpha value is -0.590. The number of rotatable bonds is 6. The number of hydrogen-bond acceptors (Lipinski definition) is 3. The summed E-state index contributed by atoms with van der Waals surface area (Å²) in [5.74, 6) is 0. The third-order valence-electron chi connectivity index (χ3n) is 4.48. The smallest absolute Gasteiger partial charge is 0.108 e. The van der Waals surface area contributed by atoms with Gasteiger partial charge in [-0.25, -0.2) is 0 Å². The summed E-state index contributed by atoms with van der Waals surface area (Å²) in [7, 11) is 2.23. The van der Waals surface area contributed by atoms with Gasteiger partial charge in [0.2, 0.25) is 0 Å². The summed E-state index contributed by atoms with van der Waals surface area (Å²) < 4.78 is 0. The average Bonchev–Trinajstić information content (AvgIpc) is 2.37. The summed E-state index contributed by atoms with van der Waals surface area (Å²) in [6.07, 6.45) is 6.81. The van der Waals surface area contributed by atoms with Gasteiger partial charge in [0.25, 0.3) is 0 Å². The molecule has 1 saturated carbocycles. The van der Waals surface area contributed by atoms with Crippen molar-refractivity contribution < 1.29 is 0 Å². The van der Waals surface area contributed by atoms with Crippen molar-refractivity contribution in [2.45, 2.75) is 89.9 Å². The Morgan fingerprint density at radius 2 is 2.11 bits per heavy atom. The van der Waals surface area contributed by atoms with Crippen molar-refractivity contribution in [3.05, 3.63) is 0 Å². The van der Waals surface area contributed by atoms with Crippen LogP contribution in [-0.4, -0.2) is 35.6 Å². The lowest BCUT2D eigenvalue weighted by molar-refractivity contribution is 0.105. The van der Waals surface area contributed by atoms with Crippen LogP contribution in [0.25, 0.3) is 0 Å². The van der Waals surface area contributed by atoms with Crippen LogP contribution in [0.1, 0.15) is 66.2 Å². The van der Waals surface area contributed by atoms with Crippen molar-refractivity contribution in [2.24, 2.45) is 0 Å². The molecule has 0 bridgehead atoms. The second-order valence-corrected chi connectivity index (χ2v) is 6.55. The maximum Gasteiger partial charge on any atom is 0.108 e. The zero-order chi connectivity index (χ0) is 14.5. The standard InChI is InChI=1S/C16H31N3/c1-6-8-14(4)19(5)15-9-7-10-16(11-15,12-17)18-13(2)3/h13-15,18H,6-11H2,1-5H3. The fourth-order valence-corrected chi connectivity index (χ4v) is 3.39. The third-order valence-corrected chi connectivity index (χ3v) is 4.48. The second kappa shape index (κ2) is 7.26. The Balaban J connectivity index is 2.70. The molecule has 110 valence electrons. The largest absolute Gasteiger partial charge is 0.301 e. The SMILES string of the molecule is CCCC(C)N(C)C1CCCC(C#N)(NC(C)C)C1. The van der Waals surface area contributed by atoms with Crippen LogP contribution in [-0.2, 0) is 0 Å². The van der Waals surface area contributed by atoms with Crippen molar-refractivity contribution in [2.75, 3.05) is 7.05 Å². The highest BCUT2D eigenvalue weighted by atomic mass is 15.2. The molecule has 0 aromatic carbocycles. The highest BCUT2D eigenvalue weighted by Gasteiger charge is 2.38. The van der Waals surface area contributed by atoms with Crippen LogP contribution in [0.15, 0.2) is 0 Å². The van der Waals surface area contributed by atoms with Crippen LogP contribution in [0.4, 0.5) is 0 Å². The van der Waals surface area contributed by atoms with E-state index in [1.807, 2.05) is 0 Å². The molecule has 1 aliphatic rings. The summed E-state index contributed by atoms with van der Waals surface area (Å²) in [5.41, 5.74) is -0.308. The predicted molar refractivity (Wildman–Crippen MR) is 81.0 cm³/mol. The molecule has 3 heteroatoms. The average molecular weight is 265 g/mol. The van der Waals surface area contributed by atoms with Crippen molar-refractivity contribution in [1.29, 1.82) is 5.26 Å². The minimum absolute atomic E-state index is 0.308. The predicted octanol–water partition coefficient (Wildman–Crippen LogP) is 3.31. The molecule has 3 nitrogen and oxygen atoms in total. The second-order valence-electron chi connectivity index (χ2n) is 6.55. The van der Waals surface area contributed by atoms with Gasteiger partial charge in [0, 0.05) is 18.1 Å². The summed E-state index contributed by atoms with van der Waals surface area (Å²) in [4.78, 5) is 2.50. The van der Waals surface area contributed by atoms with Crippen molar-refractivity contribution in [3.8, 4) is 6.07 Å². The van der Waals surface area contributed by atoms with Crippen LogP contribution in [0.2, 0.25) is 0 Å². The van der Waals surface area contributed by atoms with Crippen LogP contribution >= 0.6 is 0 Å². The van der Waals surface area contributed by atoms with E-state index in [2.05, 4.69) is 51.0 Å². The lowest BCUT2D eigenvalue weighted by Crippen LogP contribution is -2.55. The first-order chi connectivity index (χ1) is 8.94. The maximum absolute atomic E-state index is 9.60. The van der Waals surface area contributed by atoms with Gasteiger partial charge >= 0.3 is 0 Å². The summed E-state index contributed by atoms with van der Waals surface area (Å²) in [6.45, 7) is 8.81. The van der Waals surface area contributed by atoms with E-state index < -0.39 is 0 Å². The molecular formula is C16H31N3. The van der Waals surface area contributed by atoms with Crippen LogP contribution < -0.4 is 5.32 Å². The molecule has 19 heavy (non-hydrogen) atoms. The molecule has 0 aromatic rings. The van der Waals surface area contributed by atoms with E-state index in [1.54, 1.807) is 0 Å². The van der Waals surface area contributed by atoms with Crippen LogP contribution in [0, 0.1) is 11.3 Å². The lowest BCUT2D eigenvalue weighted by Gasteiger charge is -2.43. The number of nitriles is 1. The molecule has 0 saturated heterocycles. The topological polar surface area (TPSA) is 39.1 Å². The molecule has 0 amide bonds. The fraction of sp³-hybridized carbons (Fsp3) is 0.938. The molecule has 1 rings (SSSR count). The zero-order valence-corrected chi connectivity index (χ0v) is 13.4. The normalized spacial score (nSPS) is 29.5. The van der Waals surface area contributed by atoms with Gasteiger partial charge in [-0.2, -0.15) is 5.26 Å². The van der Waals surface area contributed by atoms with E-state index in [0.29, 0.717) is 18.1 Å². The van der Waals surface area contributed by atoms with E-state index in [0.717, 1.165) is 19.3 Å². The first-order valence-corrected chi connectivity index (χ1v) is 7.85. The van der Waals surface area contributed by atoms with E-state index in [1.165, 1.54) is 19.3 Å². The molecule has 0 aromatic heterocycles. The molecule has 0 spiro atoms. The molecule has 0 radical (unpaired) electrons. The van der Waals surface area contributed by atoms with Gasteiger partial charge in [0.15, 0.2) is 0 Å². The Morgan fingerprint density at radius 1 is 1.42 bits per heavy atom. The Morgan fingerprint density at radius 3 is 2.63 bits per heavy atom. The molecular weight excluding hydrogens is 234 g/mol. The van der Waals surface area contributed by atoms with E-state index in [9.17, 15) is 5.26 Å². The quantitative estimate of drug-likeness (QED) is 0.801. The molecule has 0 heterocycles. The Labute approximate surface area is 119 Å². The molecule has 0 aliphatic heterocycles. The molecule has 3 unspecified atom stereocenters. The van der Waals surface area contributed by atoms with Crippen LogP contribution in [0.3, 0.4) is 0 Å². The lowest BCUT2D eigenvalue weighted by atomic mass is 9.78. The molecule has 1 N–H and O–H groups in total. The fourth-order valence-electron chi connectivity index (χ4n) is 3.39. The van der Waals surface area contributed by atoms with Crippen molar-refractivity contribution >= 4 is 0 Å². The minimum atomic E-state index is -0.308. The van der Waals surface area contributed by atoms with Gasteiger partial charge in [0.05, 0.1) is 6.07 Å². The summed E-state index contributed by atoms with van der Waals surface area (Å²) in [5, 5.41) is 13.1. The number of hydrogen-bond donors (Lipinski definition) is 1. The van der Waals surface area contributed by atoms with E-state index >= 15 is 0 Å². The van der Waals surface area contributed by atoms with Crippen molar-refractivity contribution in [3.63, 3.8) is 0 Å². The van der Waals surface area contributed by atoms with E-state index in [-0.39, 0.29) is 5.54 Å². The highest BCUT2D eigenvalue weighted by Crippen LogP contribution is 2.32. The minimum Gasteiger partial charge on any atom is -0.301 e. The molecule has 1 fully saturated rings. The number of nitrogens with one attached hydrogen (secondary N) is 1. The summed E-state index contributed by atoms with van der Waals surface area (Å²) in [6, 6.07) is 4.10. The summed E-state index contributed by atoms with van der Waals surface area (Å²) >= 11 is 0. The first kappa shape index (κ1) is 16.5. The first-order valence-electron chi connectivity index (χ1n) is 7.85. The molecule has 1 aliphatic carbocycles. The third kappa shape index (κ3) is 4.47. The van der Waals surface area contributed by atoms with Gasteiger partial charge < -0.3 is 4.90 Å². The van der Waals surface area contributed by atoms with Gasteiger partial charge in [-0.15, -0.1) is 0 Å².